The molecule has 0 saturated heterocycles. The highest BCUT2D eigenvalue weighted by Crippen LogP contribution is 2.25. The monoisotopic (exact) mass is 309 g/mol. The molecule has 3 rings (SSSR count). The summed E-state index contributed by atoms with van der Waals surface area (Å²) in [6.45, 7) is 4.14. The minimum Gasteiger partial charge on any atom is -0.349 e. The van der Waals surface area contributed by atoms with Crippen molar-refractivity contribution in [2.45, 2.75) is 26.3 Å². The molecule has 0 radical (unpaired) electrons. The number of thiophene rings is 1. The Balaban J connectivity index is 1.68. The van der Waals surface area contributed by atoms with Crippen molar-refractivity contribution in [2.24, 2.45) is 0 Å². The molecule has 22 heavy (non-hydrogen) atoms. The fraction of sp³-hybridized carbons (Fsp3) is 0.211. The second-order valence-electron chi connectivity index (χ2n) is 5.72. The highest BCUT2D eigenvalue weighted by Gasteiger charge is 2.13. The van der Waals surface area contributed by atoms with Crippen molar-refractivity contribution in [3.63, 3.8) is 0 Å². The van der Waals surface area contributed by atoms with Gasteiger partial charge in [0.1, 0.15) is 0 Å². The number of carbonyl (C=O) groups is 1. The number of hydrogen-bond donors (Lipinski definition) is 1. The maximum absolute atomic E-state index is 12.4. The van der Waals surface area contributed by atoms with E-state index in [1.165, 1.54) is 11.1 Å². The van der Waals surface area contributed by atoms with Crippen LogP contribution in [0, 0.1) is 6.92 Å². The van der Waals surface area contributed by atoms with E-state index in [1.807, 2.05) is 37.3 Å². The number of carbonyl (C=O) groups excluding carboxylic acids is 1. The molecule has 1 aromatic heterocycles. The normalized spacial score (nSPS) is 12.3. The summed E-state index contributed by atoms with van der Waals surface area (Å²) in [5, 5.41) is 4.23. The van der Waals surface area contributed by atoms with Gasteiger partial charge >= 0.3 is 0 Å². The van der Waals surface area contributed by atoms with E-state index in [-0.39, 0.29) is 11.9 Å². The lowest BCUT2D eigenvalue weighted by Crippen LogP contribution is -2.33. The third-order valence-electron chi connectivity index (χ3n) is 3.65. The van der Waals surface area contributed by atoms with E-state index < -0.39 is 0 Å². The number of hydrogen-bond acceptors (Lipinski definition) is 2. The SMILES string of the molecule is Cc1cccc(C[C@@H](C)NC(=O)c2cc3ccccc3s2)c1. The summed E-state index contributed by atoms with van der Waals surface area (Å²) < 4.78 is 1.15. The smallest absolute Gasteiger partial charge is 0.261 e. The number of fused-ring (bicyclic) bond motifs is 1. The molecular formula is C19H19NOS. The van der Waals surface area contributed by atoms with Crippen molar-refractivity contribution in [1.29, 1.82) is 0 Å². The van der Waals surface area contributed by atoms with E-state index in [4.69, 9.17) is 0 Å². The second-order valence-corrected chi connectivity index (χ2v) is 6.80. The molecule has 0 fully saturated rings. The molecule has 0 bridgehead atoms. The minimum absolute atomic E-state index is 0.0151. The van der Waals surface area contributed by atoms with Gasteiger partial charge in [0.15, 0.2) is 0 Å². The van der Waals surface area contributed by atoms with Gasteiger partial charge in [0, 0.05) is 10.7 Å². The van der Waals surface area contributed by atoms with Crippen LogP contribution in [0.2, 0.25) is 0 Å². The van der Waals surface area contributed by atoms with Gasteiger partial charge in [-0.1, -0.05) is 48.0 Å². The van der Waals surface area contributed by atoms with Gasteiger partial charge in [-0.15, -0.1) is 11.3 Å². The van der Waals surface area contributed by atoms with Gasteiger partial charge in [-0.05, 0) is 43.4 Å². The average molecular weight is 309 g/mol. The molecule has 0 saturated carbocycles. The summed E-state index contributed by atoms with van der Waals surface area (Å²) >= 11 is 1.54. The van der Waals surface area contributed by atoms with Gasteiger partial charge in [-0.25, -0.2) is 0 Å². The molecule has 1 amide bonds. The van der Waals surface area contributed by atoms with Crippen molar-refractivity contribution >= 4 is 27.3 Å². The first-order valence-corrected chi connectivity index (χ1v) is 8.28. The Bertz CT molecular complexity index is 773. The van der Waals surface area contributed by atoms with Crippen LogP contribution in [0.4, 0.5) is 0 Å². The van der Waals surface area contributed by atoms with Gasteiger partial charge in [0.2, 0.25) is 0 Å². The van der Waals surface area contributed by atoms with Crippen LogP contribution in [0.5, 0.6) is 0 Å². The van der Waals surface area contributed by atoms with Crippen LogP contribution < -0.4 is 5.32 Å². The Morgan fingerprint density at radius 3 is 2.73 bits per heavy atom. The third kappa shape index (κ3) is 3.37. The Hall–Kier alpha value is -2.13. The van der Waals surface area contributed by atoms with Gasteiger partial charge in [-0.2, -0.15) is 0 Å². The van der Waals surface area contributed by atoms with Crippen LogP contribution >= 0.6 is 11.3 Å². The predicted molar refractivity (Wildman–Crippen MR) is 93.6 cm³/mol. The highest BCUT2D eigenvalue weighted by atomic mass is 32.1. The first kappa shape index (κ1) is 14.8. The number of aryl methyl sites for hydroxylation is 1. The first-order chi connectivity index (χ1) is 10.6. The number of rotatable bonds is 4. The van der Waals surface area contributed by atoms with E-state index in [1.54, 1.807) is 11.3 Å². The summed E-state index contributed by atoms with van der Waals surface area (Å²) in [7, 11) is 0. The summed E-state index contributed by atoms with van der Waals surface area (Å²) in [4.78, 5) is 13.2. The lowest BCUT2D eigenvalue weighted by Gasteiger charge is -2.13. The molecule has 0 spiro atoms. The molecule has 1 atom stereocenters. The summed E-state index contributed by atoms with van der Waals surface area (Å²) in [6, 6.07) is 18.6. The van der Waals surface area contributed by atoms with Crippen molar-refractivity contribution in [3.05, 3.63) is 70.6 Å². The second kappa shape index (κ2) is 6.32. The maximum atomic E-state index is 12.4. The molecule has 1 heterocycles. The topological polar surface area (TPSA) is 29.1 Å². The van der Waals surface area contributed by atoms with Crippen molar-refractivity contribution in [2.75, 3.05) is 0 Å². The predicted octanol–water partition coefficient (Wildman–Crippen LogP) is 4.57. The van der Waals surface area contributed by atoms with Crippen LogP contribution in [0.1, 0.15) is 27.7 Å². The van der Waals surface area contributed by atoms with Gasteiger partial charge < -0.3 is 5.32 Å². The van der Waals surface area contributed by atoms with Gasteiger partial charge in [-0.3, -0.25) is 4.79 Å². The summed E-state index contributed by atoms with van der Waals surface area (Å²) in [5.41, 5.74) is 2.50. The number of benzene rings is 2. The summed E-state index contributed by atoms with van der Waals surface area (Å²) in [5.74, 6) is 0.0151. The fourth-order valence-corrected chi connectivity index (χ4v) is 3.60. The van der Waals surface area contributed by atoms with Crippen LogP contribution in [0.25, 0.3) is 10.1 Å². The zero-order valence-corrected chi connectivity index (χ0v) is 13.6. The quantitative estimate of drug-likeness (QED) is 0.751. The number of amides is 1. The van der Waals surface area contributed by atoms with Crippen LogP contribution in [0.15, 0.2) is 54.6 Å². The van der Waals surface area contributed by atoms with Crippen LogP contribution in [-0.2, 0) is 6.42 Å². The standard InChI is InChI=1S/C19H19NOS/c1-13-6-5-7-15(10-13)11-14(2)20-19(21)18-12-16-8-3-4-9-17(16)22-18/h3-10,12,14H,11H2,1-2H3,(H,20,21)/t14-/m1/s1. The van der Waals surface area contributed by atoms with E-state index in [2.05, 4.69) is 36.5 Å². The molecule has 2 nitrogen and oxygen atoms in total. The molecule has 3 heteroatoms. The summed E-state index contributed by atoms with van der Waals surface area (Å²) in [6.07, 6.45) is 0.846. The Morgan fingerprint density at radius 2 is 1.95 bits per heavy atom. The first-order valence-electron chi connectivity index (χ1n) is 7.47. The molecule has 3 aromatic rings. The molecule has 0 aliphatic carbocycles. The molecule has 1 N–H and O–H groups in total. The van der Waals surface area contributed by atoms with Crippen molar-refractivity contribution in [1.82, 2.24) is 5.32 Å². The fourth-order valence-electron chi connectivity index (χ4n) is 2.63. The Kier molecular flexibility index (Phi) is 4.25. The molecule has 0 unspecified atom stereocenters. The highest BCUT2D eigenvalue weighted by molar-refractivity contribution is 7.20. The van der Waals surface area contributed by atoms with E-state index in [9.17, 15) is 4.79 Å². The molecular weight excluding hydrogens is 290 g/mol. The Morgan fingerprint density at radius 1 is 1.14 bits per heavy atom. The Labute approximate surface area is 134 Å². The van der Waals surface area contributed by atoms with Crippen molar-refractivity contribution in [3.8, 4) is 0 Å². The van der Waals surface area contributed by atoms with Gasteiger partial charge in [0.05, 0.1) is 4.88 Å². The van der Waals surface area contributed by atoms with Crippen molar-refractivity contribution < 1.29 is 4.79 Å². The van der Waals surface area contributed by atoms with Gasteiger partial charge in [0.25, 0.3) is 5.91 Å². The van der Waals surface area contributed by atoms with E-state index >= 15 is 0 Å². The lowest BCUT2D eigenvalue weighted by atomic mass is 10.0. The molecule has 0 aliphatic rings. The van der Waals surface area contributed by atoms with Crippen LogP contribution in [-0.4, -0.2) is 11.9 Å². The minimum atomic E-state index is 0.0151. The third-order valence-corrected chi connectivity index (χ3v) is 4.77. The zero-order valence-electron chi connectivity index (χ0n) is 12.8. The molecule has 2 aromatic carbocycles. The number of nitrogens with one attached hydrogen (secondary N) is 1. The average Bonchev–Trinajstić information content (AvgIpc) is 2.91. The zero-order chi connectivity index (χ0) is 15.5. The van der Waals surface area contributed by atoms with Crippen LogP contribution in [0.3, 0.4) is 0 Å². The molecule has 112 valence electrons. The van der Waals surface area contributed by atoms with E-state index in [0.29, 0.717) is 0 Å². The molecule has 0 aliphatic heterocycles. The van der Waals surface area contributed by atoms with E-state index in [0.717, 1.165) is 21.4 Å². The maximum Gasteiger partial charge on any atom is 0.261 e. The largest absolute Gasteiger partial charge is 0.349 e. The lowest BCUT2D eigenvalue weighted by molar-refractivity contribution is 0.0944.